The van der Waals surface area contributed by atoms with Crippen LogP contribution in [0.2, 0.25) is 0 Å². The summed E-state index contributed by atoms with van der Waals surface area (Å²) in [4.78, 5) is 24.0. The fourth-order valence-corrected chi connectivity index (χ4v) is 2.91. The summed E-state index contributed by atoms with van der Waals surface area (Å²) in [7, 11) is 0. The lowest BCUT2D eigenvalue weighted by molar-refractivity contribution is -0.120. The molecule has 2 aromatic rings. The van der Waals surface area contributed by atoms with Crippen LogP contribution in [0.3, 0.4) is 0 Å². The van der Waals surface area contributed by atoms with Crippen molar-refractivity contribution in [3.63, 3.8) is 0 Å². The molecule has 0 unspecified atom stereocenters. The third-order valence-corrected chi connectivity index (χ3v) is 4.40. The fourth-order valence-electron chi connectivity index (χ4n) is 2.45. The summed E-state index contributed by atoms with van der Waals surface area (Å²) in [5.41, 5.74) is 3.27. The molecule has 152 valence electrons. The number of hydrogen-bond donors (Lipinski definition) is 3. The zero-order valence-corrected chi connectivity index (χ0v) is 17.0. The first-order chi connectivity index (χ1) is 14.0. The van der Waals surface area contributed by atoms with Gasteiger partial charge in [-0.25, -0.2) is 5.43 Å². The molecule has 9 nitrogen and oxygen atoms in total. The molecule has 0 bridgehead atoms. The minimum absolute atomic E-state index is 0.0146. The van der Waals surface area contributed by atoms with E-state index in [2.05, 4.69) is 31.8 Å². The van der Waals surface area contributed by atoms with Crippen LogP contribution in [0.4, 0.5) is 0 Å². The molecule has 0 spiro atoms. The van der Waals surface area contributed by atoms with Gasteiger partial charge in [-0.1, -0.05) is 0 Å². The van der Waals surface area contributed by atoms with Gasteiger partial charge < -0.3 is 24.6 Å². The summed E-state index contributed by atoms with van der Waals surface area (Å²) < 4.78 is 16.2. The van der Waals surface area contributed by atoms with Crippen molar-refractivity contribution >= 4 is 34.0 Å². The highest BCUT2D eigenvalue weighted by Gasteiger charge is 2.16. The molecule has 0 saturated carbocycles. The molecule has 10 heteroatoms. The van der Waals surface area contributed by atoms with E-state index in [4.69, 9.17) is 14.2 Å². The van der Waals surface area contributed by atoms with E-state index >= 15 is 0 Å². The third kappa shape index (κ3) is 5.17. The quantitative estimate of drug-likeness (QED) is 0.427. The highest BCUT2D eigenvalue weighted by molar-refractivity contribution is 9.10. The molecule has 0 saturated heterocycles. The molecule has 1 aliphatic rings. The average Bonchev–Trinajstić information content (AvgIpc) is 3.18. The first-order valence-corrected chi connectivity index (χ1v) is 9.42. The molecule has 0 radical (unpaired) electrons. The van der Waals surface area contributed by atoms with Crippen molar-refractivity contribution in [2.75, 3.05) is 19.9 Å². The van der Waals surface area contributed by atoms with E-state index in [1.165, 1.54) is 6.21 Å². The number of ether oxygens (including phenoxy) is 3. The van der Waals surface area contributed by atoms with Gasteiger partial charge in [0.05, 0.1) is 23.8 Å². The van der Waals surface area contributed by atoms with Gasteiger partial charge in [0.25, 0.3) is 11.8 Å². The van der Waals surface area contributed by atoms with Gasteiger partial charge in [0, 0.05) is 5.56 Å². The average molecular weight is 464 g/mol. The zero-order valence-electron chi connectivity index (χ0n) is 15.4. The van der Waals surface area contributed by atoms with Gasteiger partial charge in [0.15, 0.2) is 23.0 Å². The zero-order chi connectivity index (χ0) is 20.8. The largest absolute Gasteiger partial charge is 0.503 e. The van der Waals surface area contributed by atoms with Gasteiger partial charge >= 0.3 is 0 Å². The van der Waals surface area contributed by atoms with Crippen LogP contribution in [0, 0.1) is 0 Å². The number of hydrogen-bond acceptors (Lipinski definition) is 7. The van der Waals surface area contributed by atoms with Crippen LogP contribution in [0.5, 0.6) is 23.0 Å². The van der Waals surface area contributed by atoms with Crippen molar-refractivity contribution in [2.45, 2.75) is 6.92 Å². The number of fused-ring (bicyclic) bond motifs is 1. The van der Waals surface area contributed by atoms with Crippen molar-refractivity contribution < 1.29 is 28.9 Å². The Bertz CT molecular complexity index is 963. The first kappa shape index (κ1) is 20.5. The van der Waals surface area contributed by atoms with Crippen LogP contribution in [-0.4, -0.2) is 43.1 Å². The normalized spacial score (nSPS) is 12.1. The Morgan fingerprint density at radius 3 is 2.86 bits per heavy atom. The van der Waals surface area contributed by atoms with Crippen LogP contribution in [0.15, 0.2) is 39.9 Å². The highest BCUT2D eigenvalue weighted by Crippen LogP contribution is 2.35. The maximum Gasteiger partial charge on any atom is 0.259 e. The second-order valence-corrected chi connectivity index (χ2v) is 6.68. The molecule has 2 amide bonds. The molecule has 3 N–H and O–H groups in total. The lowest BCUT2D eigenvalue weighted by Crippen LogP contribution is -2.34. The fraction of sp³-hybridized carbons (Fsp3) is 0.211. The number of carbonyl (C=O) groups is 2. The first-order valence-electron chi connectivity index (χ1n) is 8.63. The van der Waals surface area contributed by atoms with Crippen molar-refractivity contribution in [2.24, 2.45) is 5.10 Å². The van der Waals surface area contributed by atoms with Gasteiger partial charge in [-0.3, -0.25) is 9.59 Å². The second-order valence-electron chi connectivity index (χ2n) is 5.83. The summed E-state index contributed by atoms with van der Waals surface area (Å²) >= 11 is 3.23. The number of benzene rings is 2. The standard InChI is InChI=1S/C19H18BrN3O6/c1-2-27-16-6-11(5-13(20)18(16)25)8-22-23-17(24)9-21-19(26)12-3-4-14-15(7-12)29-10-28-14/h3-8,25H,2,9-10H2,1H3,(H,21,26)(H,23,24)/b22-8+. The minimum atomic E-state index is -0.502. The van der Waals surface area contributed by atoms with Gasteiger partial charge in [0.2, 0.25) is 6.79 Å². The number of nitrogens with one attached hydrogen (secondary N) is 2. The minimum Gasteiger partial charge on any atom is -0.503 e. The molecular weight excluding hydrogens is 446 g/mol. The molecule has 0 fully saturated rings. The topological polar surface area (TPSA) is 118 Å². The number of phenols is 1. The number of halogens is 1. The Balaban J connectivity index is 1.51. The lowest BCUT2D eigenvalue weighted by atomic mass is 10.2. The summed E-state index contributed by atoms with van der Waals surface area (Å²) in [5, 5.41) is 16.2. The Kier molecular flexibility index (Phi) is 6.55. The maximum atomic E-state index is 12.1. The third-order valence-electron chi connectivity index (χ3n) is 3.80. The van der Waals surface area contributed by atoms with Gasteiger partial charge in [-0.2, -0.15) is 5.10 Å². The van der Waals surface area contributed by atoms with Gasteiger partial charge in [-0.15, -0.1) is 0 Å². The number of phenolic OH excluding ortho intramolecular Hbond substituents is 1. The Labute approximate surface area is 174 Å². The van der Waals surface area contributed by atoms with Crippen molar-refractivity contribution in [3.8, 4) is 23.0 Å². The van der Waals surface area contributed by atoms with E-state index in [1.54, 1.807) is 37.3 Å². The molecule has 3 rings (SSSR count). The number of carbonyl (C=O) groups excluding carboxylic acids is 2. The van der Waals surface area contributed by atoms with E-state index in [9.17, 15) is 14.7 Å². The van der Waals surface area contributed by atoms with Crippen molar-refractivity contribution in [1.29, 1.82) is 0 Å². The second kappa shape index (κ2) is 9.28. The van der Waals surface area contributed by atoms with Crippen LogP contribution in [0.1, 0.15) is 22.8 Å². The molecular formula is C19H18BrN3O6. The van der Waals surface area contributed by atoms with Crippen LogP contribution < -0.4 is 25.0 Å². The molecule has 1 heterocycles. The van der Waals surface area contributed by atoms with Crippen molar-refractivity contribution in [3.05, 3.63) is 45.9 Å². The van der Waals surface area contributed by atoms with E-state index in [0.29, 0.717) is 39.5 Å². The number of amides is 2. The van der Waals surface area contributed by atoms with E-state index < -0.39 is 11.8 Å². The Hall–Kier alpha value is -3.27. The SMILES string of the molecule is CCOc1cc(/C=N/NC(=O)CNC(=O)c2ccc3c(c2)OCO3)cc(Br)c1O. The number of rotatable bonds is 7. The van der Waals surface area contributed by atoms with E-state index in [-0.39, 0.29) is 19.1 Å². The molecule has 0 atom stereocenters. The monoisotopic (exact) mass is 463 g/mol. The van der Waals surface area contributed by atoms with Crippen LogP contribution in [0.25, 0.3) is 0 Å². The molecule has 2 aromatic carbocycles. The Morgan fingerprint density at radius 1 is 1.28 bits per heavy atom. The van der Waals surface area contributed by atoms with Gasteiger partial charge in [-0.05, 0) is 58.7 Å². The molecule has 1 aliphatic heterocycles. The van der Waals surface area contributed by atoms with E-state index in [0.717, 1.165) is 0 Å². The number of aromatic hydroxyl groups is 1. The van der Waals surface area contributed by atoms with Gasteiger partial charge in [0.1, 0.15) is 0 Å². The van der Waals surface area contributed by atoms with Crippen LogP contribution >= 0.6 is 15.9 Å². The van der Waals surface area contributed by atoms with E-state index in [1.807, 2.05) is 0 Å². The lowest BCUT2D eigenvalue weighted by Gasteiger charge is -2.08. The smallest absolute Gasteiger partial charge is 0.259 e. The molecule has 0 aromatic heterocycles. The Morgan fingerprint density at radius 2 is 2.07 bits per heavy atom. The summed E-state index contributed by atoms with van der Waals surface area (Å²) in [6.07, 6.45) is 1.39. The summed E-state index contributed by atoms with van der Waals surface area (Å²) in [5.74, 6) is 0.412. The van der Waals surface area contributed by atoms with Crippen molar-refractivity contribution in [1.82, 2.24) is 10.7 Å². The number of hydrazone groups is 1. The number of nitrogens with zero attached hydrogens (tertiary/aromatic N) is 1. The summed E-state index contributed by atoms with van der Waals surface area (Å²) in [6, 6.07) is 7.97. The summed E-state index contributed by atoms with van der Waals surface area (Å²) in [6.45, 7) is 2.05. The van der Waals surface area contributed by atoms with Crippen LogP contribution in [-0.2, 0) is 4.79 Å². The molecule has 29 heavy (non-hydrogen) atoms. The highest BCUT2D eigenvalue weighted by atomic mass is 79.9. The predicted octanol–water partition coefficient (Wildman–Crippen LogP) is 2.16. The maximum absolute atomic E-state index is 12.1. The molecule has 0 aliphatic carbocycles. The predicted molar refractivity (Wildman–Crippen MR) is 108 cm³/mol.